The van der Waals surface area contributed by atoms with Crippen LogP contribution in [0.2, 0.25) is 0 Å². The minimum atomic E-state index is -4.48. The lowest BCUT2D eigenvalue weighted by Gasteiger charge is -2.22. The van der Waals surface area contributed by atoms with Gasteiger partial charge in [0.05, 0.1) is 12.0 Å². The highest BCUT2D eigenvalue weighted by atomic mass is 19.4. The van der Waals surface area contributed by atoms with E-state index in [-0.39, 0.29) is 29.8 Å². The number of aromatic nitrogens is 1. The zero-order valence-electron chi connectivity index (χ0n) is 18.0. The van der Waals surface area contributed by atoms with Crippen molar-refractivity contribution in [3.63, 3.8) is 0 Å². The SMILES string of the molecule is O=C(Cc1ccc(F)cc1)N1CCCC1c1nc2cc(-c3ccccc3C(F)(F)F)ccc2o1. The van der Waals surface area contributed by atoms with Crippen LogP contribution < -0.4 is 0 Å². The maximum Gasteiger partial charge on any atom is 0.417 e. The molecule has 1 unspecified atom stereocenters. The van der Waals surface area contributed by atoms with Gasteiger partial charge in [0.15, 0.2) is 5.58 Å². The average molecular weight is 468 g/mol. The summed E-state index contributed by atoms with van der Waals surface area (Å²) >= 11 is 0. The molecular formula is C26H20F4N2O2. The van der Waals surface area contributed by atoms with E-state index in [0.29, 0.717) is 41.1 Å². The van der Waals surface area contributed by atoms with Crippen LogP contribution in [0.25, 0.3) is 22.2 Å². The molecule has 5 rings (SSSR count). The first kappa shape index (κ1) is 22.1. The summed E-state index contributed by atoms with van der Waals surface area (Å²) in [5.74, 6) is -0.115. The number of carbonyl (C=O) groups is 1. The predicted molar refractivity (Wildman–Crippen MR) is 118 cm³/mol. The van der Waals surface area contributed by atoms with E-state index in [2.05, 4.69) is 4.98 Å². The van der Waals surface area contributed by atoms with Gasteiger partial charge in [-0.05, 0) is 59.9 Å². The molecule has 174 valence electrons. The van der Waals surface area contributed by atoms with Crippen molar-refractivity contribution in [1.82, 2.24) is 9.88 Å². The molecule has 0 radical (unpaired) electrons. The fourth-order valence-corrected chi connectivity index (χ4v) is 4.44. The van der Waals surface area contributed by atoms with E-state index in [4.69, 9.17) is 4.42 Å². The highest BCUT2D eigenvalue weighted by Crippen LogP contribution is 2.39. The number of alkyl halides is 3. The summed E-state index contributed by atoms with van der Waals surface area (Å²) in [6, 6.07) is 15.6. The van der Waals surface area contributed by atoms with Crippen molar-refractivity contribution in [1.29, 1.82) is 0 Å². The number of hydrogen-bond donors (Lipinski definition) is 0. The summed E-state index contributed by atoms with van der Waals surface area (Å²) in [4.78, 5) is 19.2. The number of amides is 1. The van der Waals surface area contributed by atoms with Crippen molar-refractivity contribution in [2.24, 2.45) is 0 Å². The molecular weight excluding hydrogens is 448 g/mol. The van der Waals surface area contributed by atoms with E-state index in [0.717, 1.165) is 12.5 Å². The minimum Gasteiger partial charge on any atom is -0.438 e. The molecule has 4 aromatic rings. The molecule has 8 heteroatoms. The van der Waals surface area contributed by atoms with Crippen LogP contribution in [0.5, 0.6) is 0 Å². The Morgan fingerprint density at radius 1 is 1.06 bits per heavy atom. The highest BCUT2D eigenvalue weighted by Gasteiger charge is 2.35. The van der Waals surface area contributed by atoms with Gasteiger partial charge >= 0.3 is 6.18 Å². The summed E-state index contributed by atoms with van der Waals surface area (Å²) in [6.45, 7) is 0.549. The Bertz CT molecular complexity index is 1350. The molecule has 2 heterocycles. The molecule has 1 amide bonds. The average Bonchev–Trinajstić information content (AvgIpc) is 3.46. The maximum absolute atomic E-state index is 13.5. The Balaban J connectivity index is 1.42. The van der Waals surface area contributed by atoms with Gasteiger partial charge in [-0.2, -0.15) is 13.2 Å². The summed E-state index contributed by atoms with van der Waals surface area (Å²) in [7, 11) is 0. The van der Waals surface area contributed by atoms with Gasteiger partial charge in [0, 0.05) is 6.54 Å². The van der Waals surface area contributed by atoms with Crippen molar-refractivity contribution in [2.45, 2.75) is 31.5 Å². The largest absolute Gasteiger partial charge is 0.438 e. The molecule has 1 aromatic heterocycles. The third-order valence-corrected chi connectivity index (χ3v) is 6.07. The van der Waals surface area contributed by atoms with Crippen LogP contribution in [0, 0.1) is 5.82 Å². The quantitative estimate of drug-likeness (QED) is 0.319. The van der Waals surface area contributed by atoms with Gasteiger partial charge in [-0.15, -0.1) is 0 Å². The molecule has 0 spiro atoms. The number of carbonyl (C=O) groups excluding carboxylic acids is 1. The third kappa shape index (κ3) is 4.27. The zero-order valence-corrected chi connectivity index (χ0v) is 18.0. The van der Waals surface area contributed by atoms with Crippen molar-refractivity contribution in [3.8, 4) is 11.1 Å². The Hall–Kier alpha value is -3.68. The standard InChI is InChI=1S/C26H20F4N2O2/c27-18-10-7-16(8-11-18)14-24(33)32-13-3-6-22(32)25-31-21-15-17(9-12-23(21)34-25)19-4-1-2-5-20(19)26(28,29)30/h1-2,4-5,7-12,15,22H,3,6,13-14H2. The summed E-state index contributed by atoms with van der Waals surface area (Å²) in [5, 5.41) is 0. The fraction of sp³-hybridized carbons (Fsp3) is 0.231. The van der Waals surface area contributed by atoms with Gasteiger partial charge in [0.2, 0.25) is 11.8 Å². The molecule has 1 fully saturated rings. The van der Waals surface area contributed by atoms with Crippen LogP contribution in [0.15, 0.2) is 71.1 Å². The van der Waals surface area contributed by atoms with Gasteiger partial charge in [-0.3, -0.25) is 4.79 Å². The Kier molecular flexibility index (Phi) is 5.59. The number of fused-ring (bicyclic) bond motifs is 1. The fourth-order valence-electron chi connectivity index (χ4n) is 4.44. The first-order valence-electron chi connectivity index (χ1n) is 10.9. The van der Waals surface area contributed by atoms with Crippen LogP contribution in [0.1, 0.15) is 35.9 Å². The summed E-state index contributed by atoms with van der Waals surface area (Å²) in [5.41, 5.74) is 1.33. The minimum absolute atomic E-state index is 0.0680. The van der Waals surface area contributed by atoms with Gasteiger partial charge < -0.3 is 9.32 Å². The molecule has 4 nitrogen and oxygen atoms in total. The van der Waals surface area contributed by atoms with E-state index < -0.39 is 11.7 Å². The van der Waals surface area contributed by atoms with Crippen LogP contribution in [0.4, 0.5) is 17.6 Å². The predicted octanol–water partition coefficient (Wildman–Crippen LogP) is 6.56. The number of rotatable bonds is 4. The lowest BCUT2D eigenvalue weighted by Crippen LogP contribution is -2.32. The normalized spacial score (nSPS) is 16.4. The second kappa shape index (κ2) is 8.59. The molecule has 0 aliphatic carbocycles. The van der Waals surface area contributed by atoms with Crippen molar-refractivity contribution >= 4 is 17.0 Å². The number of benzene rings is 3. The number of hydrogen-bond acceptors (Lipinski definition) is 3. The topological polar surface area (TPSA) is 46.3 Å². The molecule has 0 saturated carbocycles. The molecule has 3 aromatic carbocycles. The van der Waals surface area contributed by atoms with Crippen LogP contribution in [-0.2, 0) is 17.4 Å². The van der Waals surface area contributed by atoms with E-state index in [9.17, 15) is 22.4 Å². The van der Waals surface area contributed by atoms with E-state index in [1.807, 2.05) is 0 Å². The lowest BCUT2D eigenvalue weighted by atomic mass is 9.99. The Morgan fingerprint density at radius 2 is 1.82 bits per heavy atom. The van der Waals surface area contributed by atoms with Crippen molar-refractivity contribution < 1.29 is 26.8 Å². The van der Waals surface area contributed by atoms with Gasteiger partial charge in [-0.1, -0.05) is 36.4 Å². The highest BCUT2D eigenvalue weighted by molar-refractivity contribution is 5.82. The van der Waals surface area contributed by atoms with E-state index in [1.165, 1.54) is 24.3 Å². The number of halogens is 4. The summed E-state index contributed by atoms with van der Waals surface area (Å²) in [6.07, 6.45) is -2.89. The smallest absolute Gasteiger partial charge is 0.417 e. The molecule has 34 heavy (non-hydrogen) atoms. The molecule has 1 atom stereocenters. The molecule has 1 aliphatic heterocycles. The first-order valence-corrected chi connectivity index (χ1v) is 10.9. The van der Waals surface area contributed by atoms with Crippen molar-refractivity contribution in [2.75, 3.05) is 6.54 Å². The molecule has 1 saturated heterocycles. The summed E-state index contributed by atoms with van der Waals surface area (Å²) < 4.78 is 59.4. The first-order chi connectivity index (χ1) is 16.3. The van der Waals surface area contributed by atoms with Gasteiger partial charge in [0.25, 0.3) is 0 Å². The van der Waals surface area contributed by atoms with Crippen LogP contribution >= 0.6 is 0 Å². The molecule has 0 bridgehead atoms. The Morgan fingerprint density at radius 3 is 2.59 bits per heavy atom. The monoisotopic (exact) mass is 468 g/mol. The zero-order chi connectivity index (χ0) is 23.9. The maximum atomic E-state index is 13.5. The van der Waals surface area contributed by atoms with Crippen LogP contribution in [0.3, 0.4) is 0 Å². The Labute approximate surface area is 192 Å². The number of nitrogens with zero attached hydrogens (tertiary/aromatic N) is 2. The second-order valence-corrected chi connectivity index (χ2v) is 8.33. The lowest BCUT2D eigenvalue weighted by molar-refractivity contribution is -0.137. The third-order valence-electron chi connectivity index (χ3n) is 6.07. The van der Waals surface area contributed by atoms with E-state index in [1.54, 1.807) is 41.3 Å². The second-order valence-electron chi connectivity index (χ2n) is 8.33. The molecule has 0 N–H and O–H groups in total. The number of oxazole rings is 1. The van der Waals surface area contributed by atoms with E-state index >= 15 is 0 Å². The van der Waals surface area contributed by atoms with Gasteiger partial charge in [0.1, 0.15) is 17.4 Å². The van der Waals surface area contributed by atoms with Crippen LogP contribution in [-0.4, -0.2) is 22.3 Å². The number of likely N-dealkylation sites (tertiary alicyclic amines) is 1. The van der Waals surface area contributed by atoms with Gasteiger partial charge in [-0.25, -0.2) is 9.37 Å². The van der Waals surface area contributed by atoms with Crippen molar-refractivity contribution in [3.05, 3.63) is 89.6 Å². The molecule has 1 aliphatic rings.